The molecule has 1 aromatic carbocycles. The molecule has 0 aliphatic carbocycles. The van der Waals surface area contributed by atoms with Gasteiger partial charge in [-0.3, -0.25) is 4.57 Å². The van der Waals surface area contributed by atoms with Crippen LogP contribution in [-0.2, 0) is 16.1 Å². The van der Waals surface area contributed by atoms with Crippen molar-refractivity contribution in [1.29, 1.82) is 0 Å². The molecule has 0 atom stereocenters. The number of methoxy groups -OCH3 is 1. The number of hydrogen-bond donors (Lipinski definition) is 0. The number of aromatic nitrogens is 2. The Bertz CT molecular complexity index is 995. The third-order valence-corrected chi connectivity index (χ3v) is 6.38. The second-order valence-electron chi connectivity index (χ2n) is 7.92. The first-order chi connectivity index (χ1) is 13.3. The number of esters is 1. The number of nitrogens with zero attached hydrogens (tertiary/aromatic N) is 2. The van der Waals surface area contributed by atoms with Crippen molar-refractivity contribution in [3.05, 3.63) is 58.9 Å². The molecule has 0 radical (unpaired) electrons. The van der Waals surface area contributed by atoms with Gasteiger partial charge in [0.15, 0.2) is 0 Å². The van der Waals surface area contributed by atoms with Crippen LogP contribution in [0.5, 0.6) is 0 Å². The predicted octanol–water partition coefficient (Wildman–Crippen LogP) is 5.32. The third kappa shape index (κ3) is 4.81. The van der Waals surface area contributed by atoms with Gasteiger partial charge in [0.05, 0.1) is 25.0 Å². The zero-order chi connectivity index (χ0) is 20.3. The van der Waals surface area contributed by atoms with Crippen molar-refractivity contribution < 1.29 is 14.3 Å². The number of carbonyl (C=O) groups excluding carboxylic acids is 1. The second kappa shape index (κ2) is 8.47. The number of hydrogen-bond acceptors (Lipinski definition) is 4. The molecule has 0 aliphatic rings. The smallest absolute Gasteiger partial charge is 0.337 e. The maximum Gasteiger partial charge on any atom is 0.337 e. The lowest BCUT2D eigenvalue weighted by Gasteiger charge is -2.16. The minimum atomic E-state index is -1.15. The molecule has 7 heteroatoms. The maximum atomic E-state index is 12.0. The Labute approximate surface area is 171 Å². The van der Waals surface area contributed by atoms with Crippen LogP contribution in [0.25, 0.3) is 16.7 Å². The van der Waals surface area contributed by atoms with Crippen molar-refractivity contribution in [2.45, 2.75) is 32.3 Å². The van der Waals surface area contributed by atoms with E-state index in [0.717, 1.165) is 35.1 Å². The van der Waals surface area contributed by atoms with Crippen LogP contribution in [0.2, 0.25) is 30.8 Å². The molecular weight excluding hydrogens is 392 g/mol. The Balaban J connectivity index is 1.99. The van der Waals surface area contributed by atoms with Crippen LogP contribution in [0, 0.1) is 0 Å². The van der Waals surface area contributed by atoms with E-state index < -0.39 is 8.07 Å². The van der Waals surface area contributed by atoms with Crippen LogP contribution in [0.3, 0.4) is 0 Å². The van der Waals surface area contributed by atoms with Crippen LogP contribution in [0.1, 0.15) is 16.1 Å². The van der Waals surface area contributed by atoms with E-state index in [-0.39, 0.29) is 5.97 Å². The number of ether oxygens (including phenoxy) is 2. The fourth-order valence-electron chi connectivity index (χ4n) is 2.95. The fraction of sp³-hybridized carbons (Fsp3) is 0.333. The van der Waals surface area contributed by atoms with Crippen molar-refractivity contribution in [3.8, 4) is 5.69 Å². The number of fused-ring (bicyclic) bond motifs is 1. The number of rotatable bonds is 7. The molecule has 0 saturated carbocycles. The monoisotopic (exact) mass is 416 g/mol. The largest absolute Gasteiger partial charge is 0.465 e. The van der Waals surface area contributed by atoms with Gasteiger partial charge in [0.25, 0.3) is 0 Å². The van der Waals surface area contributed by atoms with Gasteiger partial charge >= 0.3 is 5.97 Å². The SMILES string of the molecule is COC(=O)c1cccc(-n2c(COCC[Si](C)(C)C)cc3ccc(Cl)nc32)c1. The summed E-state index contributed by atoms with van der Waals surface area (Å²) in [6, 6.07) is 14.2. The maximum absolute atomic E-state index is 12.0. The van der Waals surface area contributed by atoms with Crippen molar-refractivity contribution in [3.63, 3.8) is 0 Å². The first kappa shape index (κ1) is 20.6. The van der Waals surface area contributed by atoms with Crippen LogP contribution in [-0.4, -0.2) is 37.3 Å². The number of halogens is 1. The van der Waals surface area contributed by atoms with Gasteiger partial charge in [-0.25, -0.2) is 9.78 Å². The molecular formula is C21H25ClN2O3Si. The van der Waals surface area contributed by atoms with E-state index in [4.69, 9.17) is 21.1 Å². The van der Waals surface area contributed by atoms with Gasteiger partial charge in [0.2, 0.25) is 0 Å². The van der Waals surface area contributed by atoms with Crippen molar-refractivity contribution in [2.75, 3.05) is 13.7 Å². The predicted molar refractivity (Wildman–Crippen MR) is 115 cm³/mol. The van der Waals surface area contributed by atoms with Gasteiger partial charge in [0.1, 0.15) is 10.8 Å². The quantitative estimate of drug-likeness (QED) is 0.226. The van der Waals surface area contributed by atoms with Crippen LogP contribution >= 0.6 is 11.6 Å². The average Bonchev–Trinajstić information content (AvgIpc) is 3.01. The van der Waals surface area contributed by atoms with Gasteiger partial charge < -0.3 is 9.47 Å². The van der Waals surface area contributed by atoms with E-state index in [9.17, 15) is 4.79 Å². The molecule has 0 saturated heterocycles. The average molecular weight is 417 g/mol. The minimum Gasteiger partial charge on any atom is -0.465 e. The summed E-state index contributed by atoms with van der Waals surface area (Å²) in [6.45, 7) is 8.18. The Kier molecular flexibility index (Phi) is 6.22. The molecule has 0 N–H and O–H groups in total. The van der Waals surface area contributed by atoms with Gasteiger partial charge in [-0.2, -0.15) is 0 Å². The highest BCUT2D eigenvalue weighted by Crippen LogP contribution is 2.26. The zero-order valence-electron chi connectivity index (χ0n) is 16.7. The standard InChI is InChI=1S/C21H25ClN2O3Si/c1-26-21(25)16-6-5-7-17(13-16)24-18(14-27-10-11-28(2,3)4)12-15-8-9-19(22)23-20(15)24/h5-9,12-13H,10-11,14H2,1-4H3. The Morgan fingerprint density at radius 3 is 2.68 bits per heavy atom. The van der Waals surface area contributed by atoms with Gasteiger partial charge in [-0.1, -0.05) is 37.3 Å². The van der Waals surface area contributed by atoms with E-state index in [1.165, 1.54) is 7.11 Å². The highest BCUT2D eigenvalue weighted by Gasteiger charge is 2.16. The molecule has 0 aliphatic heterocycles. The van der Waals surface area contributed by atoms with E-state index in [2.05, 4.69) is 30.7 Å². The number of carbonyl (C=O) groups is 1. The van der Waals surface area contributed by atoms with E-state index in [1.54, 1.807) is 18.2 Å². The highest BCUT2D eigenvalue weighted by molar-refractivity contribution is 6.76. The lowest BCUT2D eigenvalue weighted by molar-refractivity contribution is 0.0600. The lowest BCUT2D eigenvalue weighted by atomic mass is 10.2. The molecule has 0 spiro atoms. The van der Waals surface area contributed by atoms with Gasteiger partial charge in [-0.15, -0.1) is 0 Å². The third-order valence-electron chi connectivity index (χ3n) is 4.46. The lowest BCUT2D eigenvalue weighted by Crippen LogP contribution is -2.21. The molecule has 3 rings (SSSR count). The van der Waals surface area contributed by atoms with Crippen molar-refractivity contribution in [2.24, 2.45) is 0 Å². The number of pyridine rings is 1. The molecule has 0 amide bonds. The van der Waals surface area contributed by atoms with Crippen LogP contribution in [0.4, 0.5) is 0 Å². The van der Waals surface area contributed by atoms with Crippen molar-refractivity contribution in [1.82, 2.24) is 9.55 Å². The molecule has 0 fully saturated rings. The highest BCUT2D eigenvalue weighted by atomic mass is 35.5. The molecule has 148 valence electrons. The zero-order valence-corrected chi connectivity index (χ0v) is 18.4. The van der Waals surface area contributed by atoms with E-state index in [0.29, 0.717) is 17.3 Å². The summed E-state index contributed by atoms with van der Waals surface area (Å²) in [4.78, 5) is 16.5. The van der Waals surface area contributed by atoms with E-state index in [1.807, 2.05) is 22.8 Å². The first-order valence-corrected chi connectivity index (χ1v) is 13.3. The Morgan fingerprint density at radius 2 is 1.96 bits per heavy atom. The molecule has 5 nitrogen and oxygen atoms in total. The summed E-state index contributed by atoms with van der Waals surface area (Å²) in [5.74, 6) is -0.378. The topological polar surface area (TPSA) is 53.4 Å². The Hall–Kier alpha value is -2.15. The fourth-order valence-corrected chi connectivity index (χ4v) is 3.85. The summed E-state index contributed by atoms with van der Waals surface area (Å²) in [5, 5.41) is 1.39. The summed E-state index contributed by atoms with van der Waals surface area (Å²) in [7, 11) is 0.225. The molecule has 0 unspecified atom stereocenters. The molecule has 2 heterocycles. The summed E-state index contributed by atoms with van der Waals surface area (Å²) in [6.07, 6.45) is 0. The van der Waals surface area contributed by atoms with Crippen LogP contribution in [0.15, 0.2) is 42.5 Å². The summed E-state index contributed by atoms with van der Waals surface area (Å²) < 4.78 is 12.8. The normalized spacial score (nSPS) is 11.8. The Morgan fingerprint density at radius 1 is 1.18 bits per heavy atom. The molecule has 3 aromatic rings. The molecule has 0 bridgehead atoms. The van der Waals surface area contributed by atoms with Crippen LogP contribution < -0.4 is 0 Å². The second-order valence-corrected chi connectivity index (χ2v) is 13.9. The first-order valence-electron chi connectivity index (χ1n) is 9.22. The van der Waals surface area contributed by atoms with Gasteiger partial charge in [0, 0.05) is 25.8 Å². The molecule has 2 aromatic heterocycles. The van der Waals surface area contributed by atoms with Gasteiger partial charge in [-0.05, 0) is 42.4 Å². The summed E-state index contributed by atoms with van der Waals surface area (Å²) >= 11 is 6.14. The number of benzene rings is 1. The summed E-state index contributed by atoms with van der Waals surface area (Å²) in [5.41, 5.74) is 2.99. The molecule has 28 heavy (non-hydrogen) atoms. The minimum absolute atomic E-state index is 0.378. The van der Waals surface area contributed by atoms with E-state index >= 15 is 0 Å². The van der Waals surface area contributed by atoms with Crippen molar-refractivity contribution >= 4 is 36.7 Å².